The van der Waals surface area contributed by atoms with Gasteiger partial charge in [-0.05, 0) is 32.0 Å². The van der Waals surface area contributed by atoms with E-state index in [0.29, 0.717) is 17.9 Å². The topological polar surface area (TPSA) is 72.4 Å². The van der Waals surface area contributed by atoms with Gasteiger partial charge in [0, 0.05) is 18.2 Å². The third-order valence-electron chi connectivity index (χ3n) is 3.17. The first kappa shape index (κ1) is 14.0. The van der Waals surface area contributed by atoms with Crippen molar-refractivity contribution in [2.24, 2.45) is 0 Å². The summed E-state index contributed by atoms with van der Waals surface area (Å²) in [7, 11) is 1.66. The normalized spacial score (nSPS) is 10.6. The Labute approximate surface area is 116 Å². The van der Waals surface area contributed by atoms with Crippen molar-refractivity contribution in [3.05, 3.63) is 46.6 Å². The minimum atomic E-state index is -0.532. The number of carbonyl (C=O) groups excluding carboxylic acids is 1. The van der Waals surface area contributed by atoms with Crippen LogP contribution in [0.5, 0.6) is 0 Å². The molecule has 0 unspecified atom stereocenters. The molecule has 0 aliphatic rings. The molecule has 0 atom stereocenters. The highest BCUT2D eigenvalue weighted by molar-refractivity contribution is 5.94. The van der Waals surface area contributed by atoms with Crippen molar-refractivity contribution in [3.63, 3.8) is 0 Å². The highest BCUT2D eigenvalue weighted by Crippen LogP contribution is 2.17. The Kier molecular flexibility index (Phi) is 3.74. The Morgan fingerprint density at radius 1 is 1.45 bits per heavy atom. The van der Waals surface area contributed by atoms with Crippen molar-refractivity contribution in [2.45, 2.75) is 20.4 Å². The van der Waals surface area contributed by atoms with Gasteiger partial charge in [-0.1, -0.05) is 5.16 Å². The molecule has 0 saturated carbocycles. The number of rotatable bonds is 3. The van der Waals surface area contributed by atoms with Crippen LogP contribution >= 0.6 is 0 Å². The molecule has 1 amide bonds. The highest BCUT2D eigenvalue weighted by Gasteiger charge is 2.17. The molecule has 0 radical (unpaired) electrons. The van der Waals surface area contributed by atoms with Gasteiger partial charge in [-0.15, -0.1) is 0 Å². The molecule has 1 aromatic carbocycles. The number of hydrogen-bond acceptors (Lipinski definition) is 4. The van der Waals surface area contributed by atoms with Gasteiger partial charge in [0.25, 0.3) is 5.91 Å². The smallest absolute Gasteiger partial charge is 0.253 e. The van der Waals surface area contributed by atoms with E-state index in [1.54, 1.807) is 14.0 Å². The number of benzene rings is 1. The number of halogens is 1. The quantitative estimate of drug-likeness (QED) is 0.874. The Balaban J connectivity index is 2.18. The summed E-state index contributed by atoms with van der Waals surface area (Å²) in [6.45, 7) is 3.99. The average Bonchev–Trinajstić information content (AvgIpc) is 2.72. The van der Waals surface area contributed by atoms with Crippen molar-refractivity contribution in [1.82, 2.24) is 10.1 Å². The highest BCUT2D eigenvalue weighted by atomic mass is 19.1. The van der Waals surface area contributed by atoms with Crippen LogP contribution in [-0.2, 0) is 6.54 Å². The summed E-state index contributed by atoms with van der Waals surface area (Å²) in [4.78, 5) is 13.8. The molecule has 2 rings (SSSR count). The zero-order valence-electron chi connectivity index (χ0n) is 11.6. The van der Waals surface area contributed by atoms with Gasteiger partial charge in [0.1, 0.15) is 11.6 Å². The Morgan fingerprint density at radius 2 is 2.15 bits per heavy atom. The number of nitrogens with zero attached hydrogens (tertiary/aromatic N) is 2. The van der Waals surface area contributed by atoms with Crippen LogP contribution in [0, 0.1) is 19.7 Å². The van der Waals surface area contributed by atoms with Crippen LogP contribution in [-0.4, -0.2) is 23.0 Å². The van der Waals surface area contributed by atoms with Gasteiger partial charge in [-0.25, -0.2) is 4.39 Å². The molecule has 1 aromatic heterocycles. The maximum Gasteiger partial charge on any atom is 0.253 e. The average molecular weight is 277 g/mol. The SMILES string of the molecule is Cc1noc(C)c1CN(C)C(=O)c1ccc(F)c(N)c1. The summed E-state index contributed by atoms with van der Waals surface area (Å²) in [6, 6.07) is 3.94. The van der Waals surface area contributed by atoms with Crippen LogP contribution in [0.4, 0.5) is 10.1 Å². The van der Waals surface area contributed by atoms with Crippen molar-refractivity contribution in [2.75, 3.05) is 12.8 Å². The zero-order valence-corrected chi connectivity index (χ0v) is 11.6. The fourth-order valence-corrected chi connectivity index (χ4v) is 1.93. The lowest BCUT2D eigenvalue weighted by Gasteiger charge is -2.17. The summed E-state index contributed by atoms with van der Waals surface area (Å²) in [5, 5.41) is 3.84. The van der Waals surface area contributed by atoms with E-state index in [0.717, 1.165) is 11.3 Å². The molecule has 0 aliphatic heterocycles. The maximum absolute atomic E-state index is 13.1. The van der Waals surface area contributed by atoms with Crippen molar-refractivity contribution in [3.8, 4) is 0 Å². The van der Waals surface area contributed by atoms with Gasteiger partial charge in [0.15, 0.2) is 0 Å². The Morgan fingerprint density at radius 3 is 2.70 bits per heavy atom. The second kappa shape index (κ2) is 5.32. The second-order valence-corrected chi connectivity index (χ2v) is 4.70. The standard InChI is InChI=1S/C14H16FN3O2/c1-8-11(9(2)20-17-8)7-18(3)14(19)10-4-5-12(15)13(16)6-10/h4-6H,7,16H2,1-3H3. The first-order valence-electron chi connectivity index (χ1n) is 6.12. The van der Waals surface area contributed by atoms with E-state index in [2.05, 4.69) is 5.16 Å². The maximum atomic E-state index is 13.1. The minimum Gasteiger partial charge on any atom is -0.396 e. The summed E-state index contributed by atoms with van der Waals surface area (Å²) < 4.78 is 18.2. The lowest BCUT2D eigenvalue weighted by Crippen LogP contribution is -2.26. The number of nitrogen functional groups attached to an aromatic ring is 1. The van der Waals surface area contributed by atoms with Crippen LogP contribution < -0.4 is 5.73 Å². The number of carbonyl (C=O) groups is 1. The molecule has 2 N–H and O–H groups in total. The summed E-state index contributed by atoms with van der Waals surface area (Å²) in [5.74, 6) is -0.0904. The molecule has 106 valence electrons. The monoisotopic (exact) mass is 277 g/mol. The molecule has 20 heavy (non-hydrogen) atoms. The van der Waals surface area contributed by atoms with E-state index in [-0.39, 0.29) is 11.6 Å². The molecule has 2 aromatic rings. The predicted octanol–water partition coefficient (Wildman–Crippen LogP) is 2.28. The summed E-state index contributed by atoms with van der Waals surface area (Å²) in [6.07, 6.45) is 0. The number of nitrogens with two attached hydrogens (primary N) is 1. The molecule has 0 spiro atoms. The molecule has 6 heteroatoms. The third-order valence-corrected chi connectivity index (χ3v) is 3.17. The molecule has 1 heterocycles. The van der Waals surface area contributed by atoms with Crippen molar-refractivity contribution in [1.29, 1.82) is 0 Å². The van der Waals surface area contributed by atoms with Crippen LogP contribution in [0.15, 0.2) is 22.7 Å². The Hall–Kier alpha value is -2.37. The van der Waals surface area contributed by atoms with E-state index in [1.165, 1.54) is 23.1 Å². The van der Waals surface area contributed by atoms with Gasteiger partial charge in [0.05, 0.1) is 17.9 Å². The van der Waals surface area contributed by atoms with Crippen LogP contribution in [0.3, 0.4) is 0 Å². The predicted molar refractivity (Wildman–Crippen MR) is 72.6 cm³/mol. The van der Waals surface area contributed by atoms with Crippen LogP contribution in [0.2, 0.25) is 0 Å². The van der Waals surface area contributed by atoms with E-state index < -0.39 is 5.82 Å². The van der Waals surface area contributed by atoms with Crippen LogP contribution in [0.25, 0.3) is 0 Å². The molecule has 0 aliphatic carbocycles. The number of aryl methyl sites for hydroxylation is 2. The molecule has 0 bridgehead atoms. The van der Waals surface area contributed by atoms with Gasteiger partial charge in [-0.2, -0.15) is 0 Å². The van der Waals surface area contributed by atoms with Gasteiger partial charge < -0.3 is 15.2 Å². The number of anilines is 1. The summed E-state index contributed by atoms with van der Waals surface area (Å²) in [5.41, 5.74) is 7.40. The van der Waals surface area contributed by atoms with E-state index >= 15 is 0 Å². The number of hydrogen-bond donors (Lipinski definition) is 1. The molecule has 0 fully saturated rings. The minimum absolute atomic E-state index is 0.0402. The first-order chi connectivity index (χ1) is 9.40. The second-order valence-electron chi connectivity index (χ2n) is 4.70. The number of amides is 1. The van der Waals surface area contributed by atoms with Gasteiger partial charge in [-0.3, -0.25) is 4.79 Å². The molecular weight excluding hydrogens is 261 g/mol. The lowest BCUT2D eigenvalue weighted by atomic mass is 10.1. The first-order valence-corrected chi connectivity index (χ1v) is 6.12. The number of aromatic nitrogens is 1. The zero-order chi connectivity index (χ0) is 14.9. The van der Waals surface area contributed by atoms with Crippen molar-refractivity contribution < 1.29 is 13.7 Å². The fourth-order valence-electron chi connectivity index (χ4n) is 1.93. The summed E-state index contributed by atoms with van der Waals surface area (Å²) >= 11 is 0. The van der Waals surface area contributed by atoms with Gasteiger partial charge >= 0.3 is 0 Å². The molecule has 0 saturated heterocycles. The largest absolute Gasteiger partial charge is 0.396 e. The van der Waals surface area contributed by atoms with Gasteiger partial charge in [0.2, 0.25) is 0 Å². The van der Waals surface area contributed by atoms with Crippen LogP contribution in [0.1, 0.15) is 27.4 Å². The molecular formula is C14H16FN3O2. The Bertz CT molecular complexity index is 632. The third kappa shape index (κ3) is 2.64. The van der Waals surface area contributed by atoms with E-state index in [1.807, 2.05) is 6.92 Å². The van der Waals surface area contributed by atoms with Crippen molar-refractivity contribution >= 4 is 11.6 Å². The lowest BCUT2D eigenvalue weighted by molar-refractivity contribution is 0.0784. The fraction of sp³-hybridized carbons (Fsp3) is 0.286. The molecule has 5 nitrogen and oxygen atoms in total. The van der Waals surface area contributed by atoms with E-state index in [4.69, 9.17) is 10.3 Å². The van der Waals surface area contributed by atoms with E-state index in [9.17, 15) is 9.18 Å².